The van der Waals surface area contributed by atoms with Gasteiger partial charge in [0.1, 0.15) is 0 Å². The standard InChI is InChI=1S/C56H59BN4/c1-34-14-18-49-43(26-34)57-44-27-35(2)15-19-50(44)61(48-21-17-39(55(8,9)10)31-42(48)46-29-37(4)23-25-59-46)52-33-40(56(11,12)13)32-51(53(52)57)60(49)47-20-16-38(54(5,6)7)30-41(47)45-28-36(3)22-24-58-45/h14-33H,1-13H3. The van der Waals surface area contributed by atoms with E-state index in [1.165, 1.54) is 78.1 Å². The molecular formula is C56H59BN4. The lowest BCUT2D eigenvalue weighted by Crippen LogP contribution is -2.61. The molecule has 0 radical (unpaired) electrons. The van der Waals surface area contributed by atoms with Gasteiger partial charge in [-0.05, 0) is 161 Å². The molecule has 306 valence electrons. The Labute approximate surface area is 364 Å². The van der Waals surface area contributed by atoms with Crippen LogP contribution in [0.25, 0.3) is 22.5 Å². The normalized spacial score (nSPS) is 13.6. The molecule has 0 bridgehead atoms. The molecule has 2 aliphatic rings. The van der Waals surface area contributed by atoms with Gasteiger partial charge in [0.2, 0.25) is 0 Å². The van der Waals surface area contributed by atoms with Crippen molar-refractivity contribution in [3.63, 3.8) is 0 Å². The summed E-state index contributed by atoms with van der Waals surface area (Å²) in [6.45, 7) is 29.6. The van der Waals surface area contributed by atoms with Crippen LogP contribution in [0.2, 0.25) is 0 Å². The third-order valence-corrected chi connectivity index (χ3v) is 12.8. The van der Waals surface area contributed by atoms with Crippen LogP contribution in [-0.2, 0) is 16.2 Å². The molecule has 2 aliphatic heterocycles. The Balaban J connectivity index is 1.43. The van der Waals surface area contributed by atoms with Gasteiger partial charge >= 0.3 is 0 Å². The molecule has 5 aromatic carbocycles. The highest BCUT2D eigenvalue weighted by atomic mass is 15.2. The summed E-state index contributed by atoms with van der Waals surface area (Å²) in [5.41, 5.74) is 23.8. The average Bonchev–Trinajstić information content (AvgIpc) is 3.19. The quantitative estimate of drug-likeness (QED) is 0.166. The van der Waals surface area contributed by atoms with Gasteiger partial charge in [-0.2, -0.15) is 0 Å². The minimum atomic E-state index is -0.145. The third-order valence-electron chi connectivity index (χ3n) is 12.8. The Hall–Kier alpha value is -5.94. The first-order chi connectivity index (χ1) is 28.8. The van der Waals surface area contributed by atoms with Crippen molar-refractivity contribution in [1.82, 2.24) is 9.97 Å². The van der Waals surface area contributed by atoms with Crippen molar-refractivity contribution < 1.29 is 0 Å². The highest BCUT2D eigenvalue weighted by Crippen LogP contribution is 2.50. The van der Waals surface area contributed by atoms with E-state index < -0.39 is 0 Å². The predicted molar refractivity (Wildman–Crippen MR) is 262 cm³/mol. The number of aryl methyl sites for hydroxylation is 4. The SMILES string of the molecule is Cc1ccnc(-c2cc(C(C)(C)C)ccc2N2c3ccc(C)cc3B3c4cc(C)ccc4N(c4ccc(C(C)(C)C)cc4-c4cc(C)ccn4)c4cc(C(C)(C)C)cc2c43)c1. The van der Waals surface area contributed by atoms with Crippen molar-refractivity contribution in [1.29, 1.82) is 0 Å². The maximum atomic E-state index is 5.05. The Bertz CT molecular complexity index is 2700. The van der Waals surface area contributed by atoms with Crippen LogP contribution in [0.15, 0.2) is 122 Å². The molecule has 5 heteroatoms. The van der Waals surface area contributed by atoms with E-state index in [1.807, 2.05) is 12.4 Å². The summed E-state index contributed by atoms with van der Waals surface area (Å²) in [6.07, 6.45) is 3.90. The summed E-state index contributed by atoms with van der Waals surface area (Å²) in [6, 6.07) is 41.9. The third kappa shape index (κ3) is 7.06. The molecule has 9 rings (SSSR count). The van der Waals surface area contributed by atoms with Crippen LogP contribution in [0.4, 0.5) is 34.1 Å². The van der Waals surface area contributed by atoms with Gasteiger partial charge in [-0.1, -0.05) is 110 Å². The maximum absolute atomic E-state index is 5.05. The first-order valence-corrected chi connectivity index (χ1v) is 21.9. The molecule has 0 saturated carbocycles. The molecular weight excluding hydrogens is 739 g/mol. The van der Waals surface area contributed by atoms with E-state index in [-0.39, 0.29) is 23.0 Å². The van der Waals surface area contributed by atoms with E-state index in [1.54, 1.807) is 0 Å². The largest absolute Gasteiger partial charge is 0.311 e. The molecule has 0 saturated heterocycles. The lowest BCUT2D eigenvalue weighted by Gasteiger charge is -2.46. The van der Waals surface area contributed by atoms with Crippen LogP contribution in [0.3, 0.4) is 0 Å². The fraction of sp³-hybridized carbons (Fsp3) is 0.286. The van der Waals surface area contributed by atoms with Crippen molar-refractivity contribution in [2.24, 2.45) is 0 Å². The van der Waals surface area contributed by atoms with E-state index in [9.17, 15) is 0 Å². The number of anilines is 6. The Morgan fingerprint density at radius 3 is 1.13 bits per heavy atom. The second-order valence-corrected chi connectivity index (χ2v) is 20.8. The summed E-state index contributed by atoms with van der Waals surface area (Å²) in [4.78, 5) is 15.2. The van der Waals surface area contributed by atoms with E-state index in [0.717, 1.165) is 33.9 Å². The van der Waals surface area contributed by atoms with E-state index in [0.29, 0.717) is 0 Å². The Morgan fingerprint density at radius 1 is 0.377 bits per heavy atom. The van der Waals surface area contributed by atoms with Gasteiger partial charge in [0, 0.05) is 46.3 Å². The molecule has 0 unspecified atom stereocenters. The predicted octanol–water partition coefficient (Wildman–Crippen LogP) is 13.0. The number of hydrogen-bond acceptors (Lipinski definition) is 4. The van der Waals surface area contributed by atoms with Crippen LogP contribution >= 0.6 is 0 Å². The smallest absolute Gasteiger partial charge is 0.252 e. The lowest BCUT2D eigenvalue weighted by molar-refractivity contribution is 0.590. The van der Waals surface area contributed by atoms with Crippen molar-refractivity contribution >= 4 is 57.2 Å². The summed E-state index contributed by atoms with van der Waals surface area (Å²) >= 11 is 0. The second-order valence-electron chi connectivity index (χ2n) is 20.8. The van der Waals surface area contributed by atoms with Gasteiger partial charge in [0.05, 0.1) is 22.8 Å². The molecule has 0 fully saturated rings. The molecule has 0 atom stereocenters. The van der Waals surface area contributed by atoms with E-state index in [2.05, 4.69) is 209 Å². The Morgan fingerprint density at radius 2 is 0.754 bits per heavy atom. The first-order valence-electron chi connectivity index (χ1n) is 21.9. The zero-order valence-corrected chi connectivity index (χ0v) is 38.4. The van der Waals surface area contributed by atoms with Crippen LogP contribution in [0.5, 0.6) is 0 Å². The summed E-state index contributed by atoms with van der Waals surface area (Å²) in [7, 11) is 0. The number of aromatic nitrogens is 2. The van der Waals surface area contributed by atoms with Crippen LogP contribution < -0.4 is 26.2 Å². The van der Waals surface area contributed by atoms with Gasteiger partial charge in [0.15, 0.2) is 0 Å². The zero-order valence-electron chi connectivity index (χ0n) is 38.4. The molecule has 4 nitrogen and oxygen atoms in total. The maximum Gasteiger partial charge on any atom is 0.252 e. The van der Waals surface area contributed by atoms with Gasteiger partial charge in [-0.3, -0.25) is 9.97 Å². The number of benzene rings is 5. The molecule has 61 heavy (non-hydrogen) atoms. The topological polar surface area (TPSA) is 32.3 Å². The molecule has 0 N–H and O–H groups in total. The lowest BCUT2D eigenvalue weighted by atomic mass is 9.33. The Kier molecular flexibility index (Phi) is 9.51. The fourth-order valence-electron chi connectivity index (χ4n) is 9.37. The van der Waals surface area contributed by atoms with Crippen LogP contribution in [0, 0.1) is 27.7 Å². The molecule has 0 spiro atoms. The highest BCUT2D eigenvalue weighted by molar-refractivity contribution is 7.00. The molecule has 7 aromatic rings. The average molecular weight is 799 g/mol. The number of hydrogen-bond donors (Lipinski definition) is 0. The summed E-state index contributed by atoms with van der Waals surface area (Å²) in [5, 5.41) is 0. The highest BCUT2D eigenvalue weighted by Gasteiger charge is 2.45. The number of fused-ring (bicyclic) bond motifs is 4. The molecule has 0 amide bonds. The van der Waals surface area contributed by atoms with Crippen molar-refractivity contribution in [2.45, 2.75) is 106 Å². The minimum Gasteiger partial charge on any atom is -0.311 e. The number of pyridine rings is 2. The van der Waals surface area contributed by atoms with Gasteiger partial charge < -0.3 is 9.80 Å². The minimum absolute atomic E-state index is 0.0140. The van der Waals surface area contributed by atoms with E-state index in [4.69, 9.17) is 9.97 Å². The summed E-state index contributed by atoms with van der Waals surface area (Å²) in [5.74, 6) is 0. The van der Waals surface area contributed by atoms with Crippen molar-refractivity contribution in [2.75, 3.05) is 9.80 Å². The fourth-order valence-corrected chi connectivity index (χ4v) is 9.37. The second kappa shape index (κ2) is 14.3. The summed E-state index contributed by atoms with van der Waals surface area (Å²) < 4.78 is 0. The van der Waals surface area contributed by atoms with Gasteiger partial charge in [-0.15, -0.1) is 0 Å². The van der Waals surface area contributed by atoms with Crippen LogP contribution in [-0.4, -0.2) is 16.7 Å². The number of nitrogens with zero attached hydrogens (tertiary/aromatic N) is 4. The van der Waals surface area contributed by atoms with Crippen molar-refractivity contribution in [3.05, 3.63) is 161 Å². The van der Waals surface area contributed by atoms with Gasteiger partial charge in [-0.25, -0.2) is 0 Å². The first kappa shape index (κ1) is 40.5. The van der Waals surface area contributed by atoms with Gasteiger partial charge in [0.25, 0.3) is 6.71 Å². The monoisotopic (exact) mass is 798 g/mol. The van der Waals surface area contributed by atoms with Crippen LogP contribution in [0.1, 0.15) is 101 Å². The number of rotatable bonds is 4. The zero-order chi connectivity index (χ0) is 43.3. The molecule has 2 aromatic heterocycles. The van der Waals surface area contributed by atoms with Crippen molar-refractivity contribution in [3.8, 4) is 22.5 Å². The molecule has 4 heterocycles. The van der Waals surface area contributed by atoms with E-state index >= 15 is 0 Å². The molecule has 0 aliphatic carbocycles.